The van der Waals surface area contributed by atoms with Gasteiger partial charge in [-0.15, -0.1) is 0 Å². The summed E-state index contributed by atoms with van der Waals surface area (Å²) in [5.74, 6) is 1.87. The van der Waals surface area contributed by atoms with E-state index in [2.05, 4.69) is 178 Å². The SMILES string of the molecule is CC1(C)c2ccccc2-c2ccc(-c3nc(-c4ccccc4-c4ccccc4)nc(-c4cc5c6cc(-c7ccccc7)ccc6oc5c5ccccc45)n3)cc21. The van der Waals surface area contributed by atoms with Crippen LogP contribution in [0.4, 0.5) is 0 Å². The van der Waals surface area contributed by atoms with Crippen LogP contribution in [0.3, 0.4) is 0 Å². The molecular formula is C52H35N3O. The molecule has 0 aliphatic heterocycles. The average Bonchev–Trinajstić information content (AvgIpc) is 3.75. The molecule has 0 saturated carbocycles. The minimum absolute atomic E-state index is 0.164. The highest BCUT2D eigenvalue weighted by Gasteiger charge is 2.35. The van der Waals surface area contributed by atoms with Crippen LogP contribution < -0.4 is 0 Å². The third kappa shape index (κ3) is 5.03. The van der Waals surface area contributed by atoms with Gasteiger partial charge in [-0.25, -0.2) is 15.0 Å². The Balaban J connectivity index is 1.17. The van der Waals surface area contributed by atoms with Crippen LogP contribution in [0, 0.1) is 0 Å². The molecule has 1 aliphatic carbocycles. The van der Waals surface area contributed by atoms with Crippen molar-refractivity contribution in [3.8, 4) is 67.5 Å². The van der Waals surface area contributed by atoms with Crippen LogP contribution in [0.15, 0.2) is 180 Å². The molecule has 0 saturated heterocycles. The summed E-state index contributed by atoms with van der Waals surface area (Å²) in [5, 5.41) is 4.12. The first-order chi connectivity index (χ1) is 27.5. The molecule has 2 aromatic heterocycles. The van der Waals surface area contributed by atoms with Crippen molar-refractivity contribution in [3.63, 3.8) is 0 Å². The Morgan fingerprint density at radius 1 is 0.357 bits per heavy atom. The van der Waals surface area contributed by atoms with Gasteiger partial charge in [0.05, 0.1) is 0 Å². The van der Waals surface area contributed by atoms with E-state index in [1.807, 2.05) is 12.1 Å². The van der Waals surface area contributed by atoms with E-state index in [0.29, 0.717) is 17.5 Å². The molecule has 4 heteroatoms. The molecule has 0 bridgehead atoms. The Kier molecular flexibility index (Phi) is 7.17. The van der Waals surface area contributed by atoms with E-state index >= 15 is 0 Å². The second-order valence-electron chi connectivity index (χ2n) is 15.2. The van der Waals surface area contributed by atoms with Crippen LogP contribution in [0.1, 0.15) is 25.0 Å². The summed E-state index contributed by atoms with van der Waals surface area (Å²) in [5.41, 5.74) is 14.0. The van der Waals surface area contributed by atoms with Crippen molar-refractivity contribution in [2.24, 2.45) is 0 Å². The highest BCUT2D eigenvalue weighted by atomic mass is 16.3. The van der Waals surface area contributed by atoms with Gasteiger partial charge in [0.15, 0.2) is 17.5 Å². The quantitative estimate of drug-likeness (QED) is 0.178. The van der Waals surface area contributed by atoms with Gasteiger partial charge in [0.2, 0.25) is 0 Å². The van der Waals surface area contributed by atoms with Gasteiger partial charge in [0, 0.05) is 38.3 Å². The number of rotatable bonds is 5. The van der Waals surface area contributed by atoms with Crippen LogP contribution in [-0.4, -0.2) is 15.0 Å². The third-order valence-corrected chi connectivity index (χ3v) is 11.6. The predicted octanol–water partition coefficient (Wildman–Crippen LogP) is 13.6. The van der Waals surface area contributed by atoms with Crippen molar-refractivity contribution in [1.82, 2.24) is 15.0 Å². The molecule has 11 rings (SSSR count). The molecule has 8 aromatic carbocycles. The molecule has 0 fully saturated rings. The average molecular weight is 718 g/mol. The van der Waals surface area contributed by atoms with Gasteiger partial charge in [0.1, 0.15) is 11.2 Å². The van der Waals surface area contributed by atoms with Crippen LogP contribution in [0.25, 0.3) is 100 Å². The Morgan fingerprint density at radius 3 is 1.73 bits per heavy atom. The van der Waals surface area contributed by atoms with E-state index in [1.54, 1.807) is 0 Å². The largest absolute Gasteiger partial charge is 0.455 e. The van der Waals surface area contributed by atoms with E-state index < -0.39 is 0 Å². The Hall–Kier alpha value is -7.17. The van der Waals surface area contributed by atoms with E-state index in [0.717, 1.165) is 71.7 Å². The van der Waals surface area contributed by atoms with E-state index in [4.69, 9.17) is 19.4 Å². The maximum atomic E-state index is 6.63. The molecule has 2 heterocycles. The Labute approximate surface area is 324 Å². The first-order valence-corrected chi connectivity index (χ1v) is 19.1. The molecule has 264 valence electrons. The highest BCUT2D eigenvalue weighted by Crippen LogP contribution is 2.49. The molecule has 0 spiro atoms. The lowest BCUT2D eigenvalue weighted by atomic mass is 9.82. The third-order valence-electron chi connectivity index (χ3n) is 11.6. The maximum absolute atomic E-state index is 6.63. The summed E-state index contributed by atoms with van der Waals surface area (Å²) in [6, 6.07) is 61.8. The van der Waals surface area contributed by atoms with Crippen molar-refractivity contribution < 1.29 is 4.42 Å². The zero-order chi connectivity index (χ0) is 37.4. The van der Waals surface area contributed by atoms with Gasteiger partial charge < -0.3 is 4.42 Å². The molecule has 0 atom stereocenters. The zero-order valence-electron chi connectivity index (χ0n) is 31.0. The van der Waals surface area contributed by atoms with Crippen molar-refractivity contribution in [1.29, 1.82) is 0 Å². The molecule has 1 aliphatic rings. The van der Waals surface area contributed by atoms with Crippen LogP contribution in [0.5, 0.6) is 0 Å². The number of hydrogen-bond acceptors (Lipinski definition) is 4. The van der Waals surface area contributed by atoms with E-state index in [-0.39, 0.29) is 5.41 Å². The maximum Gasteiger partial charge on any atom is 0.164 e. The molecule has 0 N–H and O–H groups in total. The van der Waals surface area contributed by atoms with Gasteiger partial charge >= 0.3 is 0 Å². The normalized spacial score (nSPS) is 13.0. The zero-order valence-corrected chi connectivity index (χ0v) is 31.0. The lowest BCUT2D eigenvalue weighted by molar-refractivity contribution is 0.660. The Bertz CT molecular complexity index is 3160. The number of benzene rings is 8. The van der Waals surface area contributed by atoms with Gasteiger partial charge in [-0.05, 0) is 74.2 Å². The number of nitrogens with zero attached hydrogens (tertiary/aromatic N) is 3. The summed E-state index contributed by atoms with van der Waals surface area (Å²) in [4.78, 5) is 16.0. The molecule has 10 aromatic rings. The first kappa shape index (κ1) is 32.3. The fraction of sp³-hybridized carbons (Fsp3) is 0.0577. The van der Waals surface area contributed by atoms with E-state index in [1.165, 1.54) is 22.3 Å². The molecular weight excluding hydrogens is 683 g/mol. The summed E-state index contributed by atoms with van der Waals surface area (Å²) in [7, 11) is 0. The molecule has 0 amide bonds. The van der Waals surface area contributed by atoms with E-state index in [9.17, 15) is 0 Å². The summed E-state index contributed by atoms with van der Waals surface area (Å²) >= 11 is 0. The number of hydrogen-bond donors (Lipinski definition) is 0. The highest BCUT2D eigenvalue weighted by molar-refractivity contribution is 6.19. The monoisotopic (exact) mass is 717 g/mol. The molecule has 56 heavy (non-hydrogen) atoms. The molecule has 0 unspecified atom stereocenters. The second-order valence-corrected chi connectivity index (χ2v) is 15.2. The number of fused-ring (bicyclic) bond motifs is 8. The van der Waals surface area contributed by atoms with Crippen molar-refractivity contribution >= 4 is 32.7 Å². The van der Waals surface area contributed by atoms with Gasteiger partial charge in [-0.3, -0.25) is 0 Å². The Morgan fingerprint density at radius 2 is 0.946 bits per heavy atom. The lowest BCUT2D eigenvalue weighted by Crippen LogP contribution is -2.15. The minimum Gasteiger partial charge on any atom is -0.455 e. The fourth-order valence-corrected chi connectivity index (χ4v) is 8.73. The smallest absolute Gasteiger partial charge is 0.164 e. The topological polar surface area (TPSA) is 51.8 Å². The van der Waals surface area contributed by atoms with Crippen molar-refractivity contribution in [3.05, 3.63) is 187 Å². The number of aromatic nitrogens is 3. The first-order valence-electron chi connectivity index (χ1n) is 19.1. The minimum atomic E-state index is -0.164. The summed E-state index contributed by atoms with van der Waals surface area (Å²) in [6.45, 7) is 4.61. The van der Waals surface area contributed by atoms with Crippen LogP contribution in [0.2, 0.25) is 0 Å². The van der Waals surface area contributed by atoms with Gasteiger partial charge in [-0.1, -0.05) is 166 Å². The van der Waals surface area contributed by atoms with Crippen molar-refractivity contribution in [2.75, 3.05) is 0 Å². The summed E-state index contributed by atoms with van der Waals surface area (Å²) < 4.78 is 6.63. The lowest BCUT2D eigenvalue weighted by Gasteiger charge is -2.22. The second kappa shape index (κ2) is 12.4. The molecule has 4 nitrogen and oxygen atoms in total. The summed E-state index contributed by atoms with van der Waals surface area (Å²) in [6.07, 6.45) is 0. The van der Waals surface area contributed by atoms with Crippen molar-refractivity contribution in [2.45, 2.75) is 19.3 Å². The van der Waals surface area contributed by atoms with Crippen LogP contribution >= 0.6 is 0 Å². The van der Waals surface area contributed by atoms with Gasteiger partial charge in [0.25, 0.3) is 0 Å². The fourth-order valence-electron chi connectivity index (χ4n) is 8.73. The predicted molar refractivity (Wildman–Crippen MR) is 229 cm³/mol. The van der Waals surface area contributed by atoms with Crippen LogP contribution in [-0.2, 0) is 5.41 Å². The number of furan rings is 1. The molecule has 0 radical (unpaired) electrons. The standard InChI is InChI=1S/C52H35N3O/c1-52(2)45-24-14-13-21-38(45)39-27-25-35(30-46(39)52)49-53-50(41-23-12-9-19-36(41)33-17-7-4-8-18-33)55-51(54-49)44-31-43-42-29-34(32-15-5-3-6-16-32)26-28-47(42)56-48(43)40-22-11-10-20-37(40)44/h3-31H,1-2H3. The van der Waals surface area contributed by atoms with Gasteiger partial charge in [-0.2, -0.15) is 0 Å².